The van der Waals surface area contributed by atoms with Gasteiger partial charge in [-0.1, -0.05) is 12.1 Å². The molecule has 0 spiro atoms. The van der Waals surface area contributed by atoms with Gasteiger partial charge in [-0.3, -0.25) is 10.0 Å². The van der Waals surface area contributed by atoms with Gasteiger partial charge in [-0.15, -0.1) is 0 Å². The summed E-state index contributed by atoms with van der Waals surface area (Å²) in [6, 6.07) is 6.85. The van der Waals surface area contributed by atoms with Crippen molar-refractivity contribution in [2.45, 2.75) is 12.5 Å². The SMILES string of the molecule is COc1ccc(CC2=N[C@@H](C(=O)NO)CO2)cc1. The van der Waals surface area contributed by atoms with E-state index < -0.39 is 11.9 Å². The minimum Gasteiger partial charge on any atom is -0.497 e. The smallest absolute Gasteiger partial charge is 0.271 e. The van der Waals surface area contributed by atoms with E-state index in [9.17, 15) is 4.79 Å². The van der Waals surface area contributed by atoms with Crippen molar-refractivity contribution in [3.8, 4) is 5.75 Å². The number of hydrogen-bond donors (Lipinski definition) is 2. The number of ether oxygens (including phenoxy) is 2. The Balaban J connectivity index is 1.99. The quantitative estimate of drug-likeness (QED) is 0.603. The van der Waals surface area contributed by atoms with Crippen LogP contribution in [-0.2, 0) is 16.0 Å². The number of aliphatic imine (C=N–C) groups is 1. The predicted molar refractivity (Wildman–Crippen MR) is 63.8 cm³/mol. The normalized spacial score (nSPS) is 17.9. The highest BCUT2D eigenvalue weighted by Crippen LogP contribution is 2.14. The van der Waals surface area contributed by atoms with Crippen LogP contribution in [0.1, 0.15) is 5.56 Å². The maximum atomic E-state index is 11.1. The summed E-state index contributed by atoms with van der Waals surface area (Å²) in [5.74, 6) is 0.721. The second kappa shape index (κ2) is 5.50. The minimum atomic E-state index is -0.664. The van der Waals surface area contributed by atoms with E-state index in [0.29, 0.717) is 12.3 Å². The van der Waals surface area contributed by atoms with E-state index in [-0.39, 0.29) is 6.61 Å². The fourth-order valence-corrected chi connectivity index (χ4v) is 1.65. The van der Waals surface area contributed by atoms with E-state index in [0.717, 1.165) is 11.3 Å². The van der Waals surface area contributed by atoms with Crippen LogP contribution in [0, 0.1) is 0 Å². The van der Waals surface area contributed by atoms with Gasteiger partial charge in [-0.05, 0) is 17.7 Å². The maximum Gasteiger partial charge on any atom is 0.271 e. The van der Waals surface area contributed by atoms with Crippen molar-refractivity contribution in [3.05, 3.63) is 29.8 Å². The maximum absolute atomic E-state index is 11.1. The molecule has 0 aromatic heterocycles. The topological polar surface area (TPSA) is 80.2 Å². The van der Waals surface area contributed by atoms with Crippen LogP contribution in [0.3, 0.4) is 0 Å². The minimum absolute atomic E-state index is 0.165. The van der Waals surface area contributed by atoms with Crippen LogP contribution in [0.25, 0.3) is 0 Å². The molecule has 1 amide bonds. The van der Waals surface area contributed by atoms with Gasteiger partial charge >= 0.3 is 0 Å². The second-order valence-electron chi connectivity index (χ2n) is 3.85. The molecule has 96 valence electrons. The highest BCUT2D eigenvalue weighted by Gasteiger charge is 2.25. The molecule has 6 nitrogen and oxygen atoms in total. The van der Waals surface area contributed by atoms with Gasteiger partial charge < -0.3 is 9.47 Å². The third-order valence-electron chi connectivity index (χ3n) is 2.63. The molecule has 2 rings (SSSR count). The molecule has 0 bridgehead atoms. The van der Waals surface area contributed by atoms with Crippen molar-refractivity contribution < 1.29 is 19.5 Å². The molecule has 1 aliphatic heterocycles. The van der Waals surface area contributed by atoms with Crippen molar-refractivity contribution in [3.63, 3.8) is 0 Å². The zero-order valence-electron chi connectivity index (χ0n) is 9.92. The molecule has 6 heteroatoms. The molecule has 18 heavy (non-hydrogen) atoms. The predicted octanol–water partition coefficient (Wildman–Crippen LogP) is 0.540. The molecule has 1 heterocycles. The lowest BCUT2D eigenvalue weighted by atomic mass is 10.1. The molecule has 0 radical (unpaired) electrons. The highest BCUT2D eigenvalue weighted by atomic mass is 16.5. The van der Waals surface area contributed by atoms with E-state index in [4.69, 9.17) is 14.7 Å². The molecular weight excluding hydrogens is 236 g/mol. The number of methoxy groups -OCH3 is 1. The number of nitrogens with zero attached hydrogens (tertiary/aromatic N) is 1. The van der Waals surface area contributed by atoms with Gasteiger partial charge in [-0.2, -0.15) is 0 Å². The first-order valence-corrected chi connectivity index (χ1v) is 5.49. The van der Waals surface area contributed by atoms with E-state index in [1.165, 1.54) is 0 Å². The molecule has 0 fully saturated rings. The average Bonchev–Trinajstić information content (AvgIpc) is 2.87. The Morgan fingerprint density at radius 1 is 1.56 bits per heavy atom. The number of hydrogen-bond acceptors (Lipinski definition) is 5. The third-order valence-corrected chi connectivity index (χ3v) is 2.63. The van der Waals surface area contributed by atoms with E-state index >= 15 is 0 Å². The Hall–Kier alpha value is -2.08. The van der Waals surface area contributed by atoms with E-state index in [1.54, 1.807) is 12.6 Å². The Labute approximate surface area is 104 Å². The lowest BCUT2D eigenvalue weighted by Gasteiger charge is -2.03. The Kier molecular flexibility index (Phi) is 3.78. The Morgan fingerprint density at radius 3 is 2.89 bits per heavy atom. The van der Waals surface area contributed by atoms with Crippen molar-refractivity contribution in [2.75, 3.05) is 13.7 Å². The van der Waals surface area contributed by atoms with Crippen LogP contribution in [0.15, 0.2) is 29.3 Å². The second-order valence-corrected chi connectivity index (χ2v) is 3.85. The zero-order chi connectivity index (χ0) is 13.0. The fourth-order valence-electron chi connectivity index (χ4n) is 1.65. The highest BCUT2D eigenvalue weighted by molar-refractivity contribution is 5.88. The van der Waals surface area contributed by atoms with E-state index in [2.05, 4.69) is 4.99 Å². The lowest BCUT2D eigenvalue weighted by Crippen LogP contribution is -2.31. The summed E-state index contributed by atoms with van der Waals surface area (Å²) in [5, 5.41) is 8.49. The molecule has 0 saturated carbocycles. The van der Waals surface area contributed by atoms with Gasteiger partial charge in [0, 0.05) is 6.42 Å². The standard InChI is InChI=1S/C12H14N2O4/c1-17-9-4-2-8(3-5-9)6-11-13-10(7-18-11)12(15)14-16/h2-5,10,16H,6-7H2,1H3,(H,14,15)/t10-/m1/s1. The zero-order valence-corrected chi connectivity index (χ0v) is 9.92. The summed E-state index contributed by atoms with van der Waals surface area (Å²) in [4.78, 5) is 15.2. The van der Waals surface area contributed by atoms with Gasteiger partial charge in [0.2, 0.25) is 0 Å². The number of amides is 1. The summed E-state index contributed by atoms with van der Waals surface area (Å²) in [6.07, 6.45) is 0.513. The first-order chi connectivity index (χ1) is 8.72. The molecular formula is C12H14N2O4. The molecule has 1 aliphatic rings. The van der Waals surface area contributed by atoms with Gasteiger partial charge in [-0.25, -0.2) is 10.5 Å². The number of hydroxylamine groups is 1. The number of carbonyl (C=O) groups excluding carboxylic acids is 1. The number of benzene rings is 1. The summed E-state index contributed by atoms with van der Waals surface area (Å²) in [6.45, 7) is 0.165. The first-order valence-electron chi connectivity index (χ1n) is 5.49. The average molecular weight is 250 g/mol. The van der Waals surface area contributed by atoms with Crippen LogP contribution in [0.4, 0.5) is 0 Å². The van der Waals surface area contributed by atoms with Crippen LogP contribution in [0.2, 0.25) is 0 Å². The molecule has 2 N–H and O–H groups in total. The lowest BCUT2D eigenvalue weighted by molar-refractivity contribution is -0.130. The number of rotatable bonds is 4. The third kappa shape index (κ3) is 2.78. The largest absolute Gasteiger partial charge is 0.497 e. The van der Waals surface area contributed by atoms with Gasteiger partial charge in [0.25, 0.3) is 5.91 Å². The number of carbonyl (C=O) groups is 1. The monoisotopic (exact) mass is 250 g/mol. The summed E-state index contributed by atoms with van der Waals surface area (Å²) < 4.78 is 10.4. The van der Waals surface area contributed by atoms with Gasteiger partial charge in [0.05, 0.1) is 7.11 Å². The summed E-state index contributed by atoms with van der Waals surface area (Å²) >= 11 is 0. The van der Waals surface area contributed by atoms with Gasteiger partial charge in [0.1, 0.15) is 12.4 Å². The van der Waals surface area contributed by atoms with Crippen LogP contribution >= 0.6 is 0 Å². The Bertz CT molecular complexity index is 456. The van der Waals surface area contributed by atoms with Crippen molar-refractivity contribution >= 4 is 11.8 Å². The molecule has 1 atom stereocenters. The first kappa shape index (κ1) is 12.4. The molecule has 0 aliphatic carbocycles. The fraction of sp³-hybridized carbons (Fsp3) is 0.333. The molecule has 0 saturated heterocycles. The summed E-state index contributed by atoms with van der Waals surface area (Å²) in [7, 11) is 1.61. The molecule has 1 aromatic carbocycles. The van der Waals surface area contributed by atoms with Gasteiger partial charge in [0.15, 0.2) is 11.9 Å². The van der Waals surface area contributed by atoms with E-state index in [1.807, 2.05) is 24.3 Å². The van der Waals surface area contributed by atoms with Crippen LogP contribution < -0.4 is 10.2 Å². The molecule has 1 aromatic rings. The van der Waals surface area contributed by atoms with Crippen molar-refractivity contribution in [1.29, 1.82) is 0 Å². The Morgan fingerprint density at radius 2 is 2.28 bits per heavy atom. The summed E-state index contributed by atoms with van der Waals surface area (Å²) in [5.41, 5.74) is 2.58. The van der Waals surface area contributed by atoms with Crippen molar-refractivity contribution in [2.24, 2.45) is 4.99 Å². The van der Waals surface area contributed by atoms with Crippen LogP contribution in [-0.4, -0.2) is 36.8 Å². The molecule has 0 unspecified atom stereocenters. The van der Waals surface area contributed by atoms with Crippen LogP contribution in [0.5, 0.6) is 5.75 Å². The van der Waals surface area contributed by atoms with Crippen molar-refractivity contribution in [1.82, 2.24) is 5.48 Å². The number of nitrogens with one attached hydrogen (secondary N) is 1.